The Labute approximate surface area is 147 Å². The van der Waals surface area contributed by atoms with Crippen molar-refractivity contribution in [3.05, 3.63) is 35.7 Å². The summed E-state index contributed by atoms with van der Waals surface area (Å²) in [6.45, 7) is 4.18. The minimum atomic E-state index is -0.207. The SMILES string of the molecule is COc1nn(C)cc1CNC(=O)c1cccc(N2CCN(C)CC2)n1. The summed E-state index contributed by atoms with van der Waals surface area (Å²) in [6, 6.07) is 5.56. The normalized spacial score (nSPS) is 15.2. The number of nitrogens with zero attached hydrogens (tertiary/aromatic N) is 5. The quantitative estimate of drug-likeness (QED) is 0.852. The molecule has 1 N–H and O–H groups in total. The van der Waals surface area contributed by atoms with Gasteiger partial charge in [0.05, 0.1) is 19.2 Å². The van der Waals surface area contributed by atoms with Crippen LogP contribution < -0.4 is 15.0 Å². The van der Waals surface area contributed by atoms with Crippen molar-refractivity contribution in [2.24, 2.45) is 7.05 Å². The second kappa shape index (κ2) is 7.52. The molecular weight excluding hydrogens is 320 g/mol. The van der Waals surface area contributed by atoms with Crippen molar-refractivity contribution < 1.29 is 9.53 Å². The minimum absolute atomic E-state index is 0.207. The van der Waals surface area contributed by atoms with Crippen molar-refractivity contribution in [3.63, 3.8) is 0 Å². The van der Waals surface area contributed by atoms with Gasteiger partial charge in [0, 0.05) is 39.4 Å². The summed E-state index contributed by atoms with van der Waals surface area (Å²) < 4.78 is 6.86. The summed E-state index contributed by atoms with van der Waals surface area (Å²) in [5.74, 6) is 1.16. The minimum Gasteiger partial charge on any atom is -0.480 e. The van der Waals surface area contributed by atoms with E-state index < -0.39 is 0 Å². The molecule has 0 radical (unpaired) electrons. The van der Waals surface area contributed by atoms with Gasteiger partial charge in [0.25, 0.3) is 5.91 Å². The third kappa shape index (κ3) is 4.08. The molecule has 8 heteroatoms. The zero-order valence-electron chi connectivity index (χ0n) is 14.9. The molecule has 1 amide bonds. The van der Waals surface area contributed by atoms with E-state index in [1.165, 1.54) is 0 Å². The number of rotatable bonds is 5. The molecule has 1 fully saturated rings. The fraction of sp³-hybridized carbons (Fsp3) is 0.471. The summed E-state index contributed by atoms with van der Waals surface area (Å²) in [7, 11) is 5.49. The highest BCUT2D eigenvalue weighted by molar-refractivity contribution is 5.92. The van der Waals surface area contributed by atoms with Crippen LogP contribution in [0, 0.1) is 0 Å². The van der Waals surface area contributed by atoms with Crippen LogP contribution >= 0.6 is 0 Å². The van der Waals surface area contributed by atoms with Crippen LogP contribution in [0.25, 0.3) is 0 Å². The van der Waals surface area contributed by atoms with Gasteiger partial charge in [-0.05, 0) is 19.2 Å². The molecule has 134 valence electrons. The summed E-state index contributed by atoms with van der Waals surface area (Å²) >= 11 is 0. The van der Waals surface area contributed by atoms with Crippen LogP contribution in [0.15, 0.2) is 24.4 Å². The fourth-order valence-electron chi connectivity index (χ4n) is 2.84. The number of piperazine rings is 1. The molecule has 0 spiro atoms. The lowest BCUT2D eigenvalue weighted by Gasteiger charge is -2.33. The van der Waals surface area contributed by atoms with E-state index in [0.717, 1.165) is 37.6 Å². The lowest BCUT2D eigenvalue weighted by molar-refractivity contribution is 0.0945. The second-order valence-corrected chi connectivity index (χ2v) is 6.19. The van der Waals surface area contributed by atoms with Crippen molar-refractivity contribution in [1.82, 2.24) is 25.0 Å². The maximum atomic E-state index is 12.4. The molecule has 8 nitrogen and oxygen atoms in total. The number of nitrogens with one attached hydrogen (secondary N) is 1. The van der Waals surface area contributed by atoms with E-state index in [-0.39, 0.29) is 5.91 Å². The zero-order chi connectivity index (χ0) is 17.8. The number of anilines is 1. The van der Waals surface area contributed by atoms with Crippen molar-refractivity contribution in [3.8, 4) is 5.88 Å². The number of carbonyl (C=O) groups excluding carboxylic acids is 1. The molecule has 0 saturated carbocycles. The highest BCUT2D eigenvalue weighted by Crippen LogP contribution is 2.16. The van der Waals surface area contributed by atoms with Crippen LogP contribution in [0.1, 0.15) is 16.1 Å². The fourth-order valence-corrected chi connectivity index (χ4v) is 2.84. The predicted octanol–water partition coefficient (Wildman–Crippen LogP) is 0.506. The topological polar surface area (TPSA) is 75.5 Å². The Balaban J connectivity index is 1.65. The summed E-state index contributed by atoms with van der Waals surface area (Å²) in [5.41, 5.74) is 1.24. The van der Waals surface area contributed by atoms with Crippen molar-refractivity contribution in [2.75, 3.05) is 45.2 Å². The van der Waals surface area contributed by atoms with Crippen molar-refractivity contribution in [2.45, 2.75) is 6.54 Å². The number of ether oxygens (including phenoxy) is 1. The monoisotopic (exact) mass is 344 g/mol. The highest BCUT2D eigenvalue weighted by Gasteiger charge is 2.17. The number of carbonyl (C=O) groups is 1. The van der Waals surface area contributed by atoms with E-state index in [9.17, 15) is 4.79 Å². The predicted molar refractivity (Wildman–Crippen MR) is 94.9 cm³/mol. The average molecular weight is 344 g/mol. The van der Waals surface area contributed by atoms with E-state index in [1.807, 2.05) is 25.4 Å². The number of amides is 1. The summed E-state index contributed by atoms with van der Waals surface area (Å²) in [6.07, 6.45) is 1.83. The molecule has 2 aromatic rings. The lowest BCUT2D eigenvalue weighted by atomic mass is 10.2. The highest BCUT2D eigenvalue weighted by atomic mass is 16.5. The molecule has 1 aliphatic rings. The van der Waals surface area contributed by atoms with E-state index >= 15 is 0 Å². The Kier molecular flexibility index (Phi) is 5.18. The molecule has 25 heavy (non-hydrogen) atoms. The summed E-state index contributed by atoms with van der Waals surface area (Å²) in [4.78, 5) is 21.5. The molecule has 3 rings (SSSR count). The Bertz CT molecular complexity index is 736. The van der Waals surface area contributed by atoms with Crippen LogP contribution in [0.4, 0.5) is 5.82 Å². The summed E-state index contributed by atoms with van der Waals surface area (Å²) in [5, 5.41) is 7.06. The first-order valence-corrected chi connectivity index (χ1v) is 8.32. The Morgan fingerprint density at radius 3 is 2.72 bits per heavy atom. The standard InChI is InChI=1S/C17H24N6O2/c1-21-7-9-23(10-8-21)15-6-4-5-14(19-15)16(24)18-11-13-12-22(2)20-17(13)25-3/h4-6,12H,7-11H2,1-3H3,(H,18,24). The maximum absolute atomic E-state index is 12.4. The van der Waals surface area contributed by atoms with Gasteiger partial charge in [-0.3, -0.25) is 9.48 Å². The first kappa shape index (κ1) is 17.2. The van der Waals surface area contributed by atoms with Gasteiger partial charge in [-0.15, -0.1) is 5.10 Å². The average Bonchev–Trinajstić information content (AvgIpc) is 3.00. The van der Waals surface area contributed by atoms with Crippen LogP contribution in [0.2, 0.25) is 0 Å². The maximum Gasteiger partial charge on any atom is 0.270 e. The van der Waals surface area contributed by atoms with Crippen LogP contribution in [0.3, 0.4) is 0 Å². The third-order valence-corrected chi connectivity index (χ3v) is 4.29. The van der Waals surface area contributed by atoms with E-state index in [2.05, 4.69) is 32.2 Å². The van der Waals surface area contributed by atoms with E-state index in [4.69, 9.17) is 4.74 Å². The van der Waals surface area contributed by atoms with Gasteiger partial charge in [-0.1, -0.05) is 6.07 Å². The molecule has 0 aromatic carbocycles. The van der Waals surface area contributed by atoms with Gasteiger partial charge in [-0.2, -0.15) is 0 Å². The second-order valence-electron chi connectivity index (χ2n) is 6.19. The smallest absolute Gasteiger partial charge is 0.270 e. The largest absolute Gasteiger partial charge is 0.480 e. The molecule has 2 aromatic heterocycles. The van der Waals surface area contributed by atoms with Crippen molar-refractivity contribution in [1.29, 1.82) is 0 Å². The van der Waals surface area contributed by atoms with Gasteiger partial charge in [0.1, 0.15) is 11.5 Å². The molecule has 0 aliphatic carbocycles. The van der Waals surface area contributed by atoms with Gasteiger partial charge in [0.2, 0.25) is 5.88 Å². The Hall–Kier alpha value is -2.61. The number of likely N-dealkylation sites (N-methyl/N-ethyl adjacent to an activating group) is 1. The van der Waals surface area contributed by atoms with Crippen LogP contribution in [0.5, 0.6) is 5.88 Å². The van der Waals surface area contributed by atoms with Gasteiger partial charge < -0.3 is 19.9 Å². The first-order chi connectivity index (χ1) is 12.1. The van der Waals surface area contributed by atoms with Crippen LogP contribution in [-0.2, 0) is 13.6 Å². The number of methoxy groups -OCH3 is 1. The first-order valence-electron chi connectivity index (χ1n) is 8.32. The Morgan fingerprint density at radius 1 is 1.24 bits per heavy atom. The van der Waals surface area contributed by atoms with Crippen LogP contribution in [-0.4, -0.2) is 65.9 Å². The third-order valence-electron chi connectivity index (χ3n) is 4.29. The van der Waals surface area contributed by atoms with Gasteiger partial charge in [-0.25, -0.2) is 4.98 Å². The zero-order valence-corrected chi connectivity index (χ0v) is 14.9. The van der Waals surface area contributed by atoms with E-state index in [1.54, 1.807) is 17.9 Å². The van der Waals surface area contributed by atoms with Gasteiger partial charge >= 0.3 is 0 Å². The lowest BCUT2D eigenvalue weighted by Crippen LogP contribution is -2.45. The Morgan fingerprint density at radius 2 is 2.00 bits per heavy atom. The molecule has 0 unspecified atom stereocenters. The number of pyridine rings is 1. The number of hydrogen-bond donors (Lipinski definition) is 1. The van der Waals surface area contributed by atoms with Gasteiger partial charge in [0.15, 0.2) is 0 Å². The molecule has 0 atom stereocenters. The van der Waals surface area contributed by atoms with E-state index in [0.29, 0.717) is 18.1 Å². The molecular formula is C17H24N6O2. The molecule has 0 bridgehead atoms. The van der Waals surface area contributed by atoms with Crippen molar-refractivity contribution >= 4 is 11.7 Å². The number of aromatic nitrogens is 3. The number of aryl methyl sites for hydroxylation is 1. The molecule has 1 aliphatic heterocycles. The number of hydrogen-bond acceptors (Lipinski definition) is 6. The molecule has 3 heterocycles. The molecule has 1 saturated heterocycles.